The number of fused-ring (bicyclic) bond motifs is 1. The molecule has 1 unspecified atom stereocenters. The molecule has 1 aliphatic rings. The van der Waals surface area contributed by atoms with Crippen LogP contribution in [0.5, 0.6) is 5.75 Å². The van der Waals surface area contributed by atoms with Gasteiger partial charge in [0, 0.05) is 6.42 Å². The van der Waals surface area contributed by atoms with Gasteiger partial charge in [-0.2, -0.15) is 13.2 Å². The summed E-state index contributed by atoms with van der Waals surface area (Å²) < 4.78 is 46.3. The van der Waals surface area contributed by atoms with Crippen molar-refractivity contribution in [1.29, 1.82) is 0 Å². The Morgan fingerprint density at radius 2 is 1.55 bits per heavy atom. The fraction of sp³-hybridized carbons (Fsp3) is 0.188. The third kappa shape index (κ3) is 5.67. The van der Waals surface area contributed by atoms with E-state index in [9.17, 15) is 23.4 Å². The molecule has 1 atom stereocenters. The zero-order valence-corrected chi connectivity index (χ0v) is 20.5. The van der Waals surface area contributed by atoms with E-state index in [1.165, 1.54) is 6.07 Å². The molecule has 6 heteroatoms. The lowest BCUT2D eigenvalue weighted by molar-refractivity contribution is -0.137. The van der Waals surface area contributed by atoms with Crippen molar-refractivity contribution in [2.75, 3.05) is 0 Å². The Labute approximate surface area is 219 Å². The summed E-state index contributed by atoms with van der Waals surface area (Å²) in [6.07, 6.45) is 0.589. The van der Waals surface area contributed by atoms with Gasteiger partial charge in [0.05, 0.1) is 5.56 Å². The quantitative estimate of drug-likeness (QED) is 0.251. The minimum absolute atomic E-state index is 0.433. The molecule has 0 amide bonds. The zero-order valence-electron chi connectivity index (χ0n) is 20.5. The van der Waals surface area contributed by atoms with Gasteiger partial charge in [-0.3, -0.25) is 0 Å². The van der Waals surface area contributed by atoms with Crippen LogP contribution in [-0.4, -0.2) is 22.6 Å². The largest absolute Gasteiger partial charge is 0.480 e. The van der Waals surface area contributed by atoms with Crippen molar-refractivity contribution in [3.05, 3.63) is 125 Å². The van der Waals surface area contributed by atoms with Crippen molar-refractivity contribution < 1.29 is 28.1 Å². The van der Waals surface area contributed by atoms with Gasteiger partial charge >= 0.3 is 6.18 Å². The number of hydrogen-bond acceptors (Lipinski definition) is 3. The van der Waals surface area contributed by atoms with Crippen molar-refractivity contribution in [2.45, 2.75) is 37.8 Å². The highest BCUT2D eigenvalue weighted by Crippen LogP contribution is 2.35. The predicted molar refractivity (Wildman–Crippen MR) is 143 cm³/mol. The first-order valence-corrected chi connectivity index (χ1v) is 12.5. The lowest BCUT2D eigenvalue weighted by atomic mass is 9.94. The van der Waals surface area contributed by atoms with Crippen LogP contribution in [0.2, 0.25) is 0 Å². The maximum atomic E-state index is 13.4. The number of allylic oxidation sites excluding steroid dienone is 2. The number of aliphatic hydroxyl groups is 2. The smallest absolute Gasteiger partial charge is 0.416 e. The number of aliphatic hydroxyl groups excluding tert-OH is 1. The maximum absolute atomic E-state index is 13.4. The lowest BCUT2D eigenvalue weighted by Gasteiger charge is -2.25. The van der Waals surface area contributed by atoms with Crippen molar-refractivity contribution in [3.8, 4) is 16.9 Å². The molecule has 3 nitrogen and oxygen atoms in total. The van der Waals surface area contributed by atoms with E-state index >= 15 is 0 Å². The van der Waals surface area contributed by atoms with Crippen LogP contribution >= 0.6 is 0 Å². The van der Waals surface area contributed by atoms with E-state index in [0.29, 0.717) is 28.9 Å². The van der Waals surface area contributed by atoms with Crippen molar-refractivity contribution in [3.63, 3.8) is 0 Å². The molecule has 0 bridgehead atoms. The molecule has 0 spiro atoms. The van der Waals surface area contributed by atoms with E-state index in [2.05, 4.69) is 0 Å². The SMILES string of the molecule is OC(O)C(Oc1ccc(-c2cccc(C(F)(F)F)c2)cc1Cc1cccc2ccccc12)C1=CCCC=C1. The van der Waals surface area contributed by atoms with E-state index < -0.39 is 24.1 Å². The molecule has 0 radical (unpaired) electrons. The van der Waals surface area contributed by atoms with Crippen LogP contribution in [0.4, 0.5) is 13.2 Å². The number of halogens is 3. The Kier molecular flexibility index (Phi) is 7.36. The molecular formula is C32H27F3O3. The molecule has 4 aromatic carbocycles. The van der Waals surface area contributed by atoms with Crippen LogP contribution in [0.1, 0.15) is 29.5 Å². The number of rotatable bonds is 7. The zero-order chi connectivity index (χ0) is 26.7. The number of hydrogen-bond donors (Lipinski definition) is 2. The molecule has 0 heterocycles. The second-order valence-electron chi connectivity index (χ2n) is 9.35. The van der Waals surface area contributed by atoms with Crippen LogP contribution in [-0.2, 0) is 12.6 Å². The monoisotopic (exact) mass is 516 g/mol. The Morgan fingerprint density at radius 3 is 2.32 bits per heavy atom. The number of ether oxygens (including phenoxy) is 1. The molecule has 0 aliphatic heterocycles. The van der Waals surface area contributed by atoms with E-state index in [4.69, 9.17) is 4.74 Å². The summed E-state index contributed by atoms with van der Waals surface area (Å²) in [5, 5.41) is 22.4. The first-order chi connectivity index (χ1) is 18.3. The molecule has 0 fully saturated rings. The molecular weight excluding hydrogens is 489 g/mol. The highest BCUT2D eigenvalue weighted by atomic mass is 19.4. The van der Waals surface area contributed by atoms with E-state index in [-0.39, 0.29) is 0 Å². The first-order valence-electron chi connectivity index (χ1n) is 12.5. The van der Waals surface area contributed by atoms with Crippen LogP contribution in [0.25, 0.3) is 21.9 Å². The van der Waals surface area contributed by atoms with Crippen molar-refractivity contribution in [1.82, 2.24) is 0 Å². The standard InChI is InChI=1S/C32H27F3O3/c33-32(34,35)27-14-7-12-23(20-27)24-16-17-29(38-30(31(36)37)22-9-2-1-3-10-22)26(18-24)19-25-13-6-11-21-8-4-5-15-28(21)25/h2,4-18,20,30-31,36-37H,1,3,19H2. The summed E-state index contributed by atoms with van der Waals surface area (Å²) in [6, 6.07) is 24.4. The molecule has 4 aromatic rings. The van der Waals surface area contributed by atoms with Gasteiger partial charge in [-0.1, -0.05) is 78.9 Å². The van der Waals surface area contributed by atoms with Crippen LogP contribution in [0, 0.1) is 0 Å². The van der Waals surface area contributed by atoms with E-state index in [0.717, 1.165) is 46.9 Å². The fourth-order valence-electron chi connectivity index (χ4n) is 4.82. The third-order valence-electron chi connectivity index (χ3n) is 6.72. The fourth-order valence-corrected chi connectivity index (χ4v) is 4.82. The lowest BCUT2D eigenvalue weighted by Crippen LogP contribution is -2.33. The average molecular weight is 517 g/mol. The Hall–Kier alpha value is -3.87. The highest BCUT2D eigenvalue weighted by Gasteiger charge is 2.30. The third-order valence-corrected chi connectivity index (χ3v) is 6.72. The molecule has 1 aliphatic carbocycles. The van der Waals surface area contributed by atoms with Gasteiger partial charge in [0.2, 0.25) is 0 Å². The van der Waals surface area contributed by atoms with Gasteiger partial charge in [0.25, 0.3) is 0 Å². The first kappa shape index (κ1) is 25.8. The van der Waals surface area contributed by atoms with Gasteiger partial charge < -0.3 is 14.9 Å². The Morgan fingerprint density at radius 1 is 0.789 bits per heavy atom. The summed E-state index contributed by atoms with van der Waals surface area (Å²) >= 11 is 0. The molecule has 0 saturated heterocycles. The summed E-state index contributed by atoms with van der Waals surface area (Å²) in [4.78, 5) is 0. The van der Waals surface area contributed by atoms with Crippen molar-refractivity contribution in [2.24, 2.45) is 0 Å². The van der Waals surface area contributed by atoms with E-state index in [1.807, 2.05) is 66.8 Å². The molecule has 5 rings (SSSR count). The molecule has 2 N–H and O–H groups in total. The van der Waals surface area contributed by atoms with Gasteiger partial charge in [-0.25, -0.2) is 0 Å². The van der Waals surface area contributed by atoms with Gasteiger partial charge in [0.15, 0.2) is 12.4 Å². The molecule has 0 aromatic heterocycles. The molecule has 38 heavy (non-hydrogen) atoms. The van der Waals surface area contributed by atoms with Gasteiger partial charge in [-0.15, -0.1) is 0 Å². The average Bonchev–Trinajstić information content (AvgIpc) is 2.92. The summed E-state index contributed by atoms with van der Waals surface area (Å²) in [7, 11) is 0. The highest BCUT2D eigenvalue weighted by molar-refractivity contribution is 5.86. The van der Waals surface area contributed by atoms with Crippen LogP contribution in [0.3, 0.4) is 0 Å². The molecule has 0 saturated carbocycles. The van der Waals surface area contributed by atoms with E-state index in [1.54, 1.807) is 18.2 Å². The predicted octanol–water partition coefficient (Wildman–Crippen LogP) is 7.45. The van der Waals surface area contributed by atoms with Crippen molar-refractivity contribution >= 4 is 10.8 Å². The second-order valence-corrected chi connectivity index (χ2v) is 9.35. The van der Waals surface area contributed by atoms with Crippen LogP contribution < -0.4 is 4.74 Å². The Balaban J connectivity index is 1.59. The Bertz CT molecular complexity index is 1500. The van der Waals surface area contributed by atoms with Gasteiger partial charge in [-0.05, 0) is 75.7 Å². The molecule has 194 valence electrons. The summed E-state index contributed by atoms with van der Waals surface area (Å²) in [5.41, 5.74) is 2.74. The van der Waals surface area contributed by atoms with Gasteiger partial charge in [0.1, 0.15) is 5.75 Å². The minimum atomic E-state index is -4.45. The maximum Gasteiger partial charge on any atom is 0.416 e. The number of alkyl halides is 3. The number of benzene rings is 4. The minimum Gasteiger partial charge on any atom is -0.480 e. The summed E-state index contributed by atoms with van der Waals surface area (Å²) in [6.45, 7) is 0. The topological polar surface area (TPSA) is 49.7 Å². The van der Waals surface area contributed by atoms with Crippen LogP contribution in [0.15, 0.2) is 109 Å². The summed E-state index contributed by atoms with van der Waals surface area (Å²) in [5.74, 6) is 0.437. The second kappa shape index (κ2) is 10.9. The normalized spacial score (nSPS) is 14.5.